The fourth-order valence-corrected chi connectivity index (χ4v) is 2.90. The lowest BCUT2D eigenvalue weighted by atomic mass is 9.95. The number of hydrogen-bond acceptors (Lipinski definition) is 3. The normalized spacial score (nSPS) is 24.6. The first-order valence-electron chi connectivity index (χ1n) is 6.88. The summed E-state index contributed by atoms with van der Waals surface area (Å²) in [6.07, 6.45) is 8.45. The van der Waals surface area contributed by atoms with Crippen LogP contribution < -0.4 is 10.6 Å². The summed E-state index contributed by atoms with van der Waals surface area (Å²) in [5.74, 6) is 0.135. The summed E-state index contributed by atoms with van der Waals surface area (Å²) in [4.78, 5) is 19.5. The van der Waals surface area contributed by atoms with Crippen molar-refractivity contribution in [2.45, 2.75) is 57.2 Å². The van der Waals surface area contributed by atoms with Crippen molar-refractivity contribution in [3.8, 4) is 0 Å². The molecule has 5 nitrogen and oxygen atoms in total. The van der Waals surface area contributed by atoms with Crippen LogP contribution in [0.2, 0.25) is 0 Å². The molecule has 0 saturated heterocycles. The van der Waals surface area contributed by atoms with Crippen molar-refractivity contribution in [1.29, 1.82) is 0 Å². The Labute approximate surface area is 107 Å². The molecular weight excluding hydrogens is 228 g/mol. The van der Waals surface area contributed by atoms with Crippen LogP contribution in [0.3, 0.4) is 0 Å². The molecule has 0 radical (unpaired) electrons. The monoisotopic (exact) mass is 248 g/mol. The van der Waals surface area contributed by atoms with Gasteiger partial charge in [-0.1, -0.05) is 19.3 Å². The number of hydrogen-bond donors (Lipinski definition) is 3. The highest BCUT2D eigenvalue weighted by molar-refractivity contribution is 5.82. The van der Waals surface area contributed by atoms with Gasteiger partial charge in [0.25, 0.3) is 0 Å². The zero-order chi connectivity index (χ0) is 12.4. The molecule has 0 bridgehead atoms. The van der Waals surface area contributed by atoms with Crippen LogP contribution >= 0.6 is 0 Å². The van der Waals surface area contributed by atoms with Crippen LogP contribution in [0, 0.1) is 0 Å². The Bertz CT molecular complexity index is 422. The minimum atomic E-state index is -0.122. The SMILES string of the molecule is O=C(NC1CCCCC1)C1Cc2nc[nH]c2CN1. The number of amides is 1. The molecular formula is C13H20N4O. The number of nitrogens with zero attached hydrogens (tertiary/aromatic N) is 1. The van der Waals surface area contributed by atoms with Crippen molar-refractivity contribution < 1.29 is 4.79 Å². The average molecular weight is 248 g/mol. The number of imidazole rings is 1. The molecule has 5 heteroatoms. The maximum atomic E-state index is 12.2. The molecule has 1 unspecified atom stereocenters. The van der Waals surface area contributed by atoms with Gasteiger partial charge in [-0.15, -0.1) is 0 Å². The molecule has 18 heavy (non-hydrogen) atoms. The predicted molar refractivity (Wildman–Crippen MR) is 67.9 cm³/mol. The summed E-state index contributed by atoms with van der Waals surface area (Å²) < 4.78 is 0. The Morgan fingerprint density at radius 3 is 3.00 bits per heavy atom. The van der Waals surface area contributed by atoms with Gasteiger partial charge in [0.1, 0.15) is 0 Å². The Kier molecular flexibility index (Phi) is 3.32. The zero-order valence-electron chi connectivity index (χ0n) is 10.5. The molecule has 0 aromatic carbocycles. The lowest BCUT2D eigenvalue weighted by Crippen LogP contribution is -2.50. The second-order valence-electron chi connectivity index (χ2n) is 5.31. The summed E-state index contributed by atoms with van der Waals surface area (Å²) in [7, 11) is 0. The fraction of sp³-hybridized carbons (Fsp3) is 0.692. The summed E-state index contributed by atoms with van der Waals surface area (Å²) in [6, 6.07) is 0.261. The Morgan fingerprint density at radius 1 is 1.33 bits per heavy atom. The van der Waals surface area contributed by atoms with Crippen molar-refractivity contribution in [3.63, 3.8) is 0 Å². The van der Waals surface area contributed by atoms with Crippen LogP contribution in [0.5, 0.6) is 0 Å². The van der Waals surface area contributed by atoms with E-state index in [1.807, 2.05) is 0 Å². The van der Waals surface area contributed by atoms with Gasteiger partial charge in [-0.2, -0.15) is 0 Å². The van der Waals surface area contributed by atoms with Gasteiger partial charge in [0, 0.05) is 19.0 Å². The van der Waals surface area contributed by atoms with Gasteiger partial charge in [0.2, 0.25) is 5.91 Å². The lowest BCUT2D eigenvalue weighted by molar-refractivity contribution is -0.124. The number of carbonyl (C=O) groups excluding carboxylic acids is 1. The van der Waals surface area contributed by atoms with E-state index in [2.05, 4.69) is 20.6 Å². The first kappa shape index (κ1) is 11.7. The topological polar surface area (TPSA) is 69.8 Å². The molecule has 98 valence electrons. The van der Waals surface area contributed by atoms with Crippen LogP contribution in [-0.4, -0.2) is 28.0 Å². The molecule has 1 amide bonds. The quantitative estimate of drug-likeness (QED) is 0.727. The second-order valence-corrected chi connectivity index (χ2v) is 5.31. The number of aromatic nitrogens is 2. The Hall–Kier alpha value is -1.36. The van der Waals surface area contributed by atoms with Crippen LogP contribution in [-0.2, 0) is 17.8 Å². The van der Waals surface area contributed by atoms with E-state index in [0.29, 0.717) is 19.0 Å². The predicted octanol–water partition coefficient (Wildman–Crippen LogP) is 0.873. The summed E-state index contributed by atoms with van der Waals surface area (Å²) >= 11 is 0. The molecule has 1 atom stereocenters. The van der Waals surface area contributed by atoms with Gasteiger partial charge in [-0.05, 0) is 12.8 Å². The molecule has 2 aliphatic rings. The standard InChI is InChI=1S/C13H20N4O/c18-13(17-9-4-2-1-3-5-9)11-6-10-12(7-14-11)16-8-15-10/h8-9,11,14H,1-7H2,(H,15,16)(H,17,18). The van der Waals surface area contributed by atoms with E-state index in [1.54, 1.807) is 6.33 Å². The van der Waals surface area contributed by atoms with Crippen molar-refractivity contribution in [1.82, 2.24) is 20.6 Å². The van der Waals surface area contributed by atoms with E-state index in [4.69, 9.17) is 0 Å². The maximum absolute atomic E-state index is 12.2. The van der Waals surface area contributed by atoms with Gasteiger partial charge in [0.05, 0.1) is 23.8 Å². The van der Waals surface area contributed by atoms with Crippen molar-refractivity contribution in [3.05, 3.63) is 17.7 Å². The summed E-state index contributed by atoms with van der Waals surface area (Å²) in [6.45, 7) is 0.706. The van der Waals surface area contributed by atoms with Gasteiger partial charge in [-0.25, -0.2) is 4.98 Å². The van der Waals surface area contributed by atoms with E-state index in [1.165, 1.54) is 19.3 Å². The minimum absolute atomic E-state index is 0.122. The van der Waals surface area contributed by atoms with E-state index in [0.717, 1.165) is 24.2 Å². The van der Waals surface area contributed by atoms with Crippen LogP contribution in [0.1, 0.15) is 43.5 Å². The molecule has 0 spiro atoms. The summed E-state index contributed by atoms with van der Waals surface area (Å²) in [5, 5.41) is 6.44. The van der Waals surface area contributed by atoms with Crippen molar-refractivity contribution in [2.75, 3.05) is 0 Å². The second kappa shape index (κ2) is 5.10. The number of nitrogens with one attached hydrogen (secondary N) is 3. The maximum Gasteiger partial charge on any atom is 0.237 e. The van der Waals surface area contributed by atoms with Crippen LogP contribution in [0.4, 0.5) is 0 Å². The molecule has 1 aliphatic carbocycles. The first-order valence-corrected chi connectivity index (χ1v) is 6.88. The third kappa shape index (κ3) is 2.41. The molecule has 1 fully saturated rings. The van der Waals surface area contributed by atoms with Crippen LogP contribution in [0.25, 0.3) is 0 Å². The number of carbonyl (C=O) groups is 1. The van der Waals surface area contributed by atoms with E-state index >= 15 is 0 Å². The number of fused-ring (bicyclic) bond motifs is 1. The molecule has 3 N–H and O–H groups in total. The van der Waals surface area contributed by atoms with Crippen molar-refractivity contribution in [2.24, 2.45) is 0 Å². The van der Waals surface area contributed by atoms with Gasteiger partial charge >= 0.3 is 0 Å². The first-order chi connectivity index (χ1) is 8.83. The molecule has 1 saturated carbocycles. The van der Waals surface area contributed by atoms with E-state index in [-0.39, 0.29) is 11.9 Å². The third-order valence-electron chi connectivity index (χ3n) is 4.00. The fourth-order valence-electron chi connectivity index (χ4n) is 2.90. The number of H-pyrrole nitrogens is 1. The summed E-state index contributed by atoms with van der Waals surface area (Å²) in [5.41, 5.74) is 2.13. The minimum Gasteiger partial charge on any atom is -0.352 e. The van der Waals surface area contributed by atoms with E-state index < -0.39 is 0 Å². The lowest BCUT2D eigenvalue weighted by Gasteiger charge is -2.27. The molecule has 3 rings (SSSR count). The van der Waals surface area contributed by atoms with Gasteiger partial charge in [0.15, 0.2) is 0 Å². The van der Waals surface area contributed by atoms with E-state index in [9.17, 15) is 4.79 Å². The molecule has 2 heterocycles. The highest BCUT2D eigenvalue weighted by Gasteiger charge is 2.27. The smallest absolute Gasteiger partial charge is 0.237 e. The highest BCUT2D eigenvalue weighted by Crippen LogP contribution is 2.18. The highest BCUT2D eigenvalue weighted by atomic mass is 16.2. The number of rotatable bonds is 2. The Balaban J connectivity index is 1.57. The zero-order valence-corrected chi connectivity index (χ0v) is 10.5. The van der Waals surface area contributed by atoms with Gasteiger partial charge in [-0.3, -0.25) is 10.1 Å². The molecule has 1 aliphatic heterocycles. The largest absolute Gasteiger partial charge is 0.352 e. The van der Waals surface area contributed by atoms with Crippen LogP contribution in [0.15, 0.2) is 6.33 Å². The number of aromatic amines is 1. The third-order valence-corrected chi connectivity index (χ3v) is 4.00. The molecule has 1 aromatic rings. The average Bonchev–Trinajstić information content (AvgIpc) is 2.87. The Morgan fingerprint density at radius 2 is 2.17 bits per heavy atom. The molecule has 1 aromatic heterocycles. The van der Waals surface area contributed by atoms with Crippen molar-refractivity contribution >= 4 is 5.91 Å². The van der Waals surface area contributed by atoms with Gasteiger partial charge < -0.3 is 10.3 Å².